The number of amides is 1. The highest BCUT2D eigenvalue weighted by molar-refractivity contribution is 7.93. The van der Waals surface area contributed by atoms with Gasteiger partial charge in [-0.2, -0.15) is 0 Å². The lowest BCUT2D eigenvalue weighted by Crippen LogP contribution is -2.20. The maximum Gasteiger partial charge on any atom is 0.267 e. The fraction of sp³-hybridized carbons (Fsp3) is 0.250. The van der Waals surface area contributed by atoms with E-state index in [4.69, 9.17) is 12.7 Å². The van der Waals surface area contributed by atoms with Crippen LogP contribution in [0.15, 0.2) is 33.0 Å². The first kappa shape index (κ1) is 14.9. The number of carbonyl (C=O) groups is 2. The van der Waals surface area contributed by atoms with Gasteiger partial charge in [-0.05, 0) is 63.1 Å². The molecule has 0 unspecified atom stereocenters. The first-order valence-electron chi connectivity index (χ1n) is 11.5. The second-order valence-electron chi connectivity index (χ2n) is 6.49. The molecule has 0 aliphatic carbocycles. The number of hydrogen-bond donors (Lipinski definition) is 2. The first-order chi connectivity index (χ1) is 16.4. The molecule has 0 saturated carbocycles. The van der Waals surface area contributed by atoms with Gasteiger partial charge in [0.05, 0.1) is 11.4 Å². The quantitative estimate of drug-likeness (QED) is 0.539. The van der Waals surface area contributed by atoms with E-state index in [1.54, 1.807) is 19.9 Å². The lowest BCUT2D eigenvalue weighted by molar-refractivity contribution is 0.101. The third-order valence-corrected chi connectivity index (χ3v) is 6.65. The van der Waals surface area contributed by atoms with Crippen LogP contribution in [0.5, 0.6) is 0 Å². The van der Waals surface area contributed by atoms with E-state index in [0.29, 0.717) is 11.1 Å². The van der Waals surface area contributed by atoms with Gasteiger partial charge in [0.25, 0.3) is 15.9 Å². The predicted molar refractivity (Wildman–Crippen MR) is 115 cm³/mol. The van der Waals surface area contributed by atoms with Crippen molar-refractivity contribution < 1.29 is 30.8 Å². The van der Waals surface area contributed by atoms with Crippen LogP contribution in [0.4, 0.5) is 11.6 Å². The average Bonchev–Trinajstić information content (AvgIpc) is 3.36. The Labute approximate surface area is 186 Å². The molecule has 158 valence electrons. The normalized spacial score (nSPS) is 15.2. The number of rotatable bonds is 6. The Morgan fingerprint density at radius 1 is 1.23 bits per heavy atom. The van der Waals surface area contributed by atoms with E-state index in [0.717, 1.165) is 17.4 Å². The molecule has 1 amide bonds. The number of benzene rings is 1. The van der Waals surface area contributed by atoms with Crippen molar-refractivity contribution in [1.29, 1.82) is 0 Å². The smallest absolute Gasteiger partial charge is 0.267 e. The van der Waals surface area contributed by atoms with Crippen molar-refractivity contribution in [2.75, 3.05) is 10.0 Å². The molecule has 0 bridgehead atoms. The number of anilines is 2. The van der Waals surface area contributed by atoms with Gasteiger partial charge in [0.1, 0.15) is 9.77 Å². The molecule has 0 aliphatic heterocycles. The fourth-order valence-electron chi connectivity index (χ4n) is 2.77. The van der Waals surface area contributed by atoms with Crippen LogP contribution in [0.1, 0.15) is 57.5 Å². The summed E-state index contributed by atoms with van der Waals surface area (Å²) in [6.07, 6.45) is 0. The first-order valence-corrected chi connectivity index (χ1v) is 10.8. The molecule has 0 atom stereocenters. The molecule has 3 rings (SSSR count). The summed E-state index contributed by atoms with van der Waals surface area (Å²) in [4.78, 5) is 24.9. The number of ketones is 1. The number of Topliss-reactive ketones (excluding diaryl/α,β-unsaturated/α-hetero) is 1. The minimum atomic E-state index is -4.43. The molecule has 1 aromatic carbocycles. The molecule has 2 aromatic heterocycles. The van der Waals surface area contributed by atoms with Gasteiger partial charge >= 0.3 is 0 Å². The number of aryl methyl sites for hydroxylation is 3. The summed E-state index contributed by atoms with van der Waals surface area (Å²) >= 11 is 0.793. The second-order valence-corrected chi connectivity index (χ2v) is 9.06. The topological polar surface area (TPSA) is 118 Å². The van der Waals surface area contributed by atoms with Crippen molar-refractivity contribution in [3.8, 4) is 0 Å². The number of aromatic nitrogens is 1. The van der Waals surface area contributed by atoms with E-state index in [1.807, 2.05) is 0 Å². The van der Waals surface area contributed by atoms with Gasteiger partial charge in [-0.15, -0.1) is 11.3 Å². The van der Waals surface area contributed by atoms with Gasteiger partial charge in [-0.3, -0.25) is 9.59 Å². The van der Waals surface area contributed by atoms with Crippen molar-refractivity contribution in [2.45, 2.75) is 39.4 Å². The third-order valence-electron chi connectivity index (χ3n) is 4.24. The Hall–Kier alpha value is -2.98. The number of thiophene rings is 1. The van der Waals surface area contributed by atoms with Crippen LogP contribution >= 0.6 is 11.3 Å². The highest BCUT2D eigenvalue weighted by Crippen LogP contribution is 2.29. The number of hydrogen-bond acceptors (Lipinski definition) is 7. The zero-order chi connectivity index (χ0) is 27.2. The van der Waals surface area contributed by atoms with Crippen LogP contribution in [0.25, 0.3) is 0 Å². The molecule has 0 aliphatic rings. The summed E-state index contributed by atoms with van der Waals surface area (Å²) in [6, 6.07) is 4.13. The van der Waals surface area contributed by atoms with Gasteiger partial charge in [-0.1, -0.05) is 11.2 Å². The Balaban J connectivity index is 1.97. The Bertz CT molecular complexity index is 1460. The van der Waals surface area contributed by atoms with E-state index in [1.165, 1.54) is 18.4 Å². The van der Waals surface area contributed by atoms with Crippen LogP contribution in [0.3, 0.4) is 0 Å². The summed E-state index contributed by atoms with van der Waals surface area (Å²) in [6.45, 7) is -1.03. The van der Waals surface area contributed by atoms with Gasteiger partial charge in [0, 0.05) is 19.4 Å². The lowest BCUT2D eigenvalue weighted by atomic mass is 10.0. The number of sulfonamides is 1. The van der Waals surface area contributed by atoms with Crippen LogP contribution < -0.4 is 10.0 Å². The van der Waals surface area contributed by atoms with Crippen LogP contribution in [-0.4, -0.2) is 25.3 Å². The minimum Gasteiger partial charge on any atom is -0.337 e. The van der Waals surface area contributed by atoms with Crippen LogP contribution in [0, 0.1) is 27.6 Å². The standard InChI is InChI=1S/C20H21N3O5S2/c1-10-8-11(2)17(15(9-10)14(5)24)21-19(25)18-16(6-7-29-18)30(26,27)23-20-12(3)13(4)22-28-20/h6-9,23H,1-5H3,(H,21,25)/i4D3,5D3. The van der Waals surface area contributed by atoms with Crippen molar-refractivity contribution >= 4 is 44.6 Å². The van der Waals surface area contributed by atoms with Crippen molar-refractivity contribution in [3.05, 3.63) is 56.4 Å². The molecular formula is C20H21N3O5S2. The van der Waals surface area contributed by atoms with Crippen molar-refractivity contribution in [2.24, 2.45) is 0 Å². The molecule has 3 aromatic rings. The SMILES string of the molecule is [2H]C([2H])([2H])C(=O)c1cc(C)cc(C)c1NC(=O)c1sccc1S(=O)(=O)Nc1onc(C([2H])([2H])[2H])c1C. The van der Waals surface area contributed by atoms with E-state index in [2.05, 4.69) is 15.2 Å². The van der Waals surface area contributed by atoms with Crippen molar-refractivity contribution in [1.82, 2.24) is 5.16 Å². The lowest BCUT2D eigenvalue weighted by Gasteiger charge is -2.14. The Morgan fingerprint density at radius 3 is 2.67 bits per heavy atom. The van der Waals surface area contributed by atoms with Crippen molar-refractivity contribution in [3.63, 3.8) is 0 Å². The molecule has 2 heterocycles. The maximum atomic E-state index is 13.1. The van der Waals surface area contributed by atoms with Gasteiger partial charge in [0.2, 0.25) is 5.88 Å². The second kappa shape index (κ2) is 8.04. The number of nitrogens with one attached hydrogen (secondary N) is 2. The highest BCUT2D eigenvalue weighted by atomic mass is 32.2. The zero-order valence-electron chi connectivity index (χ0n) is 22.1. The van der Waals surface area contributed by atoms with Gasteiger partial charge < -0.3 is 9.84 Å². The summed E-state index contributed by atoms with van der Waals surface area (Å²) < 4.78 is 77.7. The molecule has 2 N–H and O–H groups in total. The Morgan fingerprint density at radius 2 is 2.00 bits per heavy atom. The summed E-state index contributed by atoms with van der Waals surface area (Å²) in [7, 11) is -4.43. The molecule has 0 spiro atoms. The minimum absolute atomic E-state index is 0.0390. The summed E-state index contributed by atoms with van der Waals surface area (Å²) in [5, 5.41) is 7.23. The van der Waals surface area contributed by atoms with E-state index in [-0.39, 0.29) is 21.7 Å². The molecular weight excluding hydrogens is 426 g/mol. The Kier molecular flexibility index (Phi) is 4.00. The number of carbonyl (C=O) groups excluding carboxylic acids is 2. The van der Waals surface area contributed by atoms with E-state index in [9.17, 15) is 18.0 Å². The zero-order valence-corrected chi connectivity index (χ0v) is 17.7. The highest BCUT2D eigenvalue weighted by Gasteiger charge is 2.27. The largest absolute Gasteiger partial charge is 0.337 e. The van der Waals surface area contributed by atoms with Gasteiger partial charge in [0.15, 0.2) is 5.78 Å². The molecule has 30 heavy (non-hydrogen) atoms. The third kappa shape index (κ3) is 4.14. The summed E-state index contributed by atoms with van der Waals surface area (Å²) in [5.74, 6) is -2.48. The monoisotopic (exact) mass is 453 g/mol. The molecule has 0 radical (unpaired) electrons. The van der Waals surface area contributed by atoms with Crippen LogP contribution in [-0.2, 0) is 10.0 Å². The summed E-state index contributed by atoms with van der Waals surface area (Å²) in [5.41, 5.74) is 0.275. The average molecular weight is 454 g/mol. The van der Waals surface area contributed by atoms with Crippen LogP contribution in [0.2, 0.25) is 0 Å². The predicted octanol–water partition coefficient (Wildman–Crippen LogP) is 4.23. The molecule has 0 fully saturated rings. The van der Waals surface area contributed by atoms with E-state index < -0.39 is 51.9 Å². The molecule has 0 saturated heterocycles. The van der Waals surface area contributed by atoms with Gasteiger partial charge in [-0.25, -0.2) is 13.1 Å². The molecule has 8 nitrogen and oxygen atoms in total. The van der Waals surface area contributed by atoms with E-state index >= 15 is 0 Å². The fourth-order valence-corrected chi connectivity index (χ4v) is 5.14. The number of nitrogens with zero attached hydrogens (tertiary/aromatic N) is 1. The maximum absolute atomic E-state index is 13.1. The molecule has 10 heteroatoms.